The number of nitro benzene ring substituents is 1. The van der Waals surface area contributed by atoms with Gasteiger partial charge in [-0.2, -0.15) is 0 Å². The van der Waals surface area contributed by atoms with Gasteiger partial charge in [0.1, 0.15) is 18.8 Å². The number of aromatic nitrogens is 1. The maximum atomic E-state index is 13.9. The van der Waals surface area contributed by atoms with Gasteiger partial charge in [0.25, 0.3) is 11.6 Å². The Labute approximate surface area is 219 Å². The predicted molar refractivity (Wildman–Crippen MR) is 132 cm³/mol. The molecule has 4 rings (SSSR count). The number of carbonyl (C=O) groups excluding carboxylic acids is 3. The number of esters is 1. The highest BCUT2D eigenvalue weighted by Crippen LogP contribution is 2.40. The Morgan fingerprint density at radius 1 is 1.26 bits per heavy atom. The fraction of sp³-hybridized carbons (Fsp3) is 0.423. The van der Waals surface area contributed by atoms with E-state index in [1.54, 1.807) is 19.9 Å². The van der Waals surface area contributed by atoms with Crippen molar-refractivity contribution in [3.8, 4) is 0 Å². The molecule has 1 aromatic heterocycles. The molecule has 38 heavy (non-hydrogen) atoms. The van der Waals surface area contributed by atoms with Crippen molar-refractivity contribution in [3.05, 3.63) is 68.0 Å². The fourth-order valence-electron chi connectivity index (χ4n) is 5.20. The number of carbonyl (C=O) groups is 3. The molecular formula is C26H30N4O8. The number of benzene rings is 1. The predicted octanol–water partition coefficient (Wildman–Crippen LogP) is -0.144. The molecule has 2 aromatic rings. The van der Waals surface area contributed by atoms with Gasteiger partial charge in [-0.1, -0.05) is 17.9 Å². The summed E-state index contributed by atoms with van der Waals surface area (Å²) in [6.07, 6.45) is 0.565. The van der Waals surface area contributed by atoms with Gasteiger partial charge >= 0.3 is 5.97 Å². The number of nitrogens with zero attached hydrogens (tertiary/aromatic N) is 2. The minimum atomic E-state index is -1.10. The van der Waals surface area contributed by atoms with E-state index in [9.17, 15) is 29.6 Å². The maximum absolute atomic E-state index is 13.9. The van der Waals surface area contributed by atoms with Crippen molar-refractivity contribution in [1.29, 1.82) is 0 Å². The number of morpholine rings is 1. The van der Waals surface area contributed by atoms with E-state index in [4.69, 9.17) is 9.47 Å². The molecule has 1 aromatic carbocycles. The summed E-state index contributed by atoms with van der Waals surface area (Å²) in [6, 6.07) is 4.51. The van der Waals surface area contributed by atoms with E-state index in [1.165, 1.54) is 35.1 Å². The third-order valence-corrected chi connectivity index (χ3v) is 7.11. The summed E-state index contributed by atoms with van der Waals surface area (Å²) in [5, 5.41) is 25.3. The smallest absolute Gasteiger partial charge is 0.354 e. The number of quaternary nitrogens is 1. The number of ether oxygens (including phenoxy) is 2. The van der Waals surface area contributed by atoms with Gasteiger partial charge in [0, 0.05) is 36.4 Å². The molecule has 2 aliphatic rings. The topological polar surface area (TPSA) is 159 Å². The Morgan fingerprint density at radius 3 is 2.63 bits per heavy atom. The van der Waals surface area contributed by atoms with Crippen LogP contribution in [-0.4, -0.2) is 79.0 Å². The molecule has 2 N–H and O–H groups in total. The first-order valence-electron chi connectivity index (χ1n) is 12.4. The molecule has 0 bridgehead atoms. The molecule has 2 saturated heterocycles. The number of Topliss-reactive ketones (excluding diaryl/α,β-unsaturated/α-hetero) is 1. The number of H-pyrrole nitrogens is 1. The van der Waals surface area contributed by atoms with Gasteiger partial charge in [-0.25, -0.2) is 4.79 Å². The van der Waals surface area contributed by atoms with Crippen molar-refractivity contribution >= 4 is 29.1 Å². The van der Waals surface area contributed by atoms with Crippen molar-refractivity contribution in [1.82, 2.24) is 9.88 Å². The third-order valence-electron chi connectivity index (χ3n) is 7.11. The molecule has 1 atom stereocenters. The lowest BCUT2D eigenvalue weighted by molar-refractivity contribution is -0.908. The number of hydrogen-bond acceptors (Lipinski definition) is 8. The highest BCUT2D eigenvalue weighted by Gasteiger charge is 2.44. The summed E-state index contributed by atoms with van der Waals surface area (Å²) in [6.45, 7) is 7.06. The van der Waals surface area contributed by atoms with Crippen LogP contribution in [0.15, 0.2) is 29.8 Å². The Hall–Kier alpha value is -4.03. The normalized spacial score (nSPS) is 19.7. The van der Waals surface area contributed by atoms with Crippen LogP contribution in [-0.2, 0) is 19.1 Å². The second kappa shape index (κ2) is 11.2. The van der Waals surface area contributed by atoms with Gasteiger partial charge in [0.2, 0.25) is 5.78 Å². The van der Waals surface area contributed by atoms with Gasteiger partial charge in [0.05, 0.1) is 37.8 Å². The molecule has 1 amide bonds. The van der Waals surface area contributed by atoms with E-state index in [2.05, 4.69) is 4.98 Å². The number of rotatable bonds is 8. The molecule has 2 fully saturated rings. The number of non-ortho nitro benzene ring substituents is 1. The van der Waals surface area contributed by atoms with Crippen molar-refractivity contribution in [2.24, 2.45) is 0 Å². The van der Waals surface area contributed by atoms with Crippen molar-refractivity contribution in [2.45, 2.75) is 26.3 Å². The van der Waals surface area contributed by atoms with Crippen LogP contribution in [0.2, 0.25) is 0 Å². The lowest BCUT2D eigenvalue weighted by Gasteiger charge is -2.29. The maximum Gasteiger partial charge on any atom is 0.354 e. The number of amides is 1. The number of nitrogens with one attached hydrogen (secondary N) is 2. The Bertz CT molecular complexity index is 1310. The van der Waals surface area contributed by atoms with Crippen LogP contribution in [0.25, 0.3) is 5.76 Å². The molecule has 0 aliphatic carbocycles. The summed E-state index contributed by atoms with van der Waals surface area (Å²) in [5.74, 6) is -3.17. The minimum absolute atomic E-state index is 0.0722. The van der Waals surface area contributed by atoms with E-state index in [0.717, 1.165) is 19.6 Å². The summed E-state index contributed by atoms with van der Waals surface area (Å²) in [5.41, 5.74) is 0.572. The zero-order valence-electron chi connectivity index (χ0n) is 21.5. The second-order valence-corrected chi connectivity index (χ2v) is 9.41. The quantitative estimate of drug-likeness (QED) is 0.120. The van der Waals surface area contributed by atoms with Crippen molar-refractivity contribution in [2.75, 3.05) is 46.5 Å². The highest BCUT2D eigenvalue weighted by atomic mass is 16.6. The standard InChI is InChI=1S/C26H30N4O8/c1-15-19(16(2)27-21(15)26(34)37-3)23(31)20-22(17-6-4-7-18(14-17)30(35)36)29(25(33)24(20)32)9-5-8-28-10-12-38-13-11-28/h4,6-7,14,22,27,31H,5,8-13H2,1-3H3/b23-20+. The molecule has 202 valence electrons. The summed E-state index contributed by atoms with van der Waals surface area (Å²) in [7, 11) is 1.21. The molecule has 12 heteroatoms. The average Bonchev–Trinajstić information content (AvgIpc) is 3.35. The van der Waals surface area contributed by atoms with Crippen molar-refractivity contribution in [3.63, 3.8) is 0 Å². The van der Waals surface area contributed by atoms with Crippen LogP contribution in [0.4, 0.5) is 5.69 Å². The number of ketones is 1. The number of aromatic amines is 1. The fourth-order valence-corrected chi connectivity index (χ4v) is 5.20. The van der Waals surface area contributed by atoms with Gasteiger partial charge in [-0.05, 0) is 30.5 Å². The molecule has 0 spiro atoms. The van der Waals surface area contributed by atoms with Gasteiger partial charge in [-0.15, -0.1) is 0 Å². The van der Waals surface area contributed by atoms with Gasteiger partial charge in [-0.3, -0.25) is 19.7 Å². The molecular weight excluding hydrogens is 496 g/mol. The van der Waals surface area contributed by atoms with Gasteiger partial charge < -0.3 is 29.4 Å². The highest BCUT2D eigenvalue weighted by molar-refractivity contribution is 6.46. The lowest BCUT2D eigenvalue weighted by Crippen LogP contribution is -3.14. The Morgan fingerprint density at radius 2 is 1.97 bits per heavy atom. The molecule has 3 heterocycles. The molecule has 0 radical (unpaired) electrons. The van der Waals surface area contributed by atoms with Crippen LogP contribution in [0.1, 0.15) is 45.3 Å². The molecule has 1 unspecified atom stereocenters. The monoisotopic (exact) mass is 526 g/mol. The van der Waals surface area contributed by atoms with Crippen molar-refractivity contribution < 1.29 is 38.8 Å². The van der Waals surface area contributed by atoms with Crippen LogP contribution >= 0.6 is 0 Å². The number of hydrogen-bond donors (Lipinski definition) is 2. The van der Waals surface area contributed by atoms with E-state index < -0.39 is 34.4 Å². The largest absolute Gasteiger partial charge is 0.872 e. The second-order valence-electron chi connectivity index (χ2n) is 9.41. The number of nitro groups is 1. The van der Waals surface area contributed by atoms with Crippen LogP contribution in [0, 0.1) is 24.0 Å². The molecule has 12 nitrogen and oxygen atoms in total. The molecule has 2 aliphatic heterocycles. The average molecular weight is 527 g/mol. The Kier molecular flexibility index (Phi) is 7.93. The minimum Gasteiger partial charge on any atom is -0.872 e. The van der Waals surface area contributed by atoms with E-state index in [0.29, 0.717) is 36.5 Å². The summed E-state index contributed by atoms with van der Waals surface area (Å²) >= 11 is 0. The van der Waals surface area contributed by atoms with E-state index >= 15 is 0 Å². The number of methoxy groups -OCH3 is 1. The first kappa shape index (κ1) is 27.0. The first-order chi connectivity index (χ1) is 18.1. The summed E-state index contributed by atoms with van der Waals surface area (Å²) < 4.78 is 10.2. The van der Waals surface area contributed by atoms with Crippen LogP contribution < -0.4 is 10.0 Å². The van der Waals surface area contributed by atoms with Crippen LogP contribution in [0.3, 0.4) is 0 Å². The first-order valence-corrected chi connectivity index (χ1v) is 12.4. The number of likely N-dealkylation sites (tertiary alicyclic amines) is 1. The number of aryl methyl sites for hydroxylation is 1. The third kappa shape index (κ3) is 5.04. The summed E-state index contributed by atoms with van der Waals surface area (Å²) in [4.78, 5) is 55.1. The van der Waals surface area contributed by atoms with E-state index in [1.807, 2.05) is 0 Å². The zero-order valence-corrected chi connectivity index (χ0v) is 21.5. The van der Waals surface area contributed by atoms with E-state index in [-0.39, 0.29) is 29.1 Å². The SMILES string of the molecule is COC(=O)c1[nH]c(C)c(/C([O-])=C2\C(=O)C(=O)N(CCC[NH+]3CCOCC3)C2c2cccc([N+](=O)[O-])c2)c1C. The van der Waals surface area contributed by atoms with Gasteiger partial charge in [0.15, 0.2) is 0 Å². The zero-order chi connectivity index (χ0) is 27.6. The lowest BCUT2D eigenvalue weighted by atomic mass is 9.93. The Balaban J connectivity index is 1.78. The van der Waals surface area contributed by atoms with Crippen LogP contribution in [0.5, 0.6) is 0 Å². The molecule has 0 saturated carbocycles.